The molecule has 1 saturated heterocycles. The molecule has 182 valence electrons. The standard InChI is InChI=1S/C29H26ClN3O3/c1-36-21-12-6-18(7-13-21)14-15-32-17-26(34)33-25(29(32)35)16-23-22-4-2-3-5-24(22)31-27(23)28(33)19-8-10-20(30)11-9-19/h2-13,25,28,31H,14-17H2,1H3. The van der Waals surface area contributed by atoms with E-state index >= 15 is 0 Å². The number of methoxy groups -OCH3 is 1. The third-order valence-corrected chi connectivity index (χ3v) is 7.61. The maximum atomic E-state index is 13.8. The number of hydrogen-bond acceptors (Lipinski definition) is 3. The Labute approximate surface area is 214 Å². The van der Waals surface area contributed by atoms with E-state index in [0.29, 0.717) is 24.4 Å². The number of halogens is 1. The molecule has 0 spiro atoms. The number of benzene rings is 3. The van der Waals surface area contributed by atoms with Gasteiger partial charge in [-0.25, -0.2) is 0 Å². The average Bonchev–Trinajstić information content (AvgIpc) is 3.28. The van der Waals surface area contributed by atoms with Gasteiger partial charge in [-0.05, 0) is 53.4 Å². The molecule has 2 amide bonds. The van der Waals surface area contributed by atoms with Crippen LogP contribution in [0, 0.1) is 0 Å². The van der Waals surface area contributed by atoms with Crippen LogP contribution in [0.5, 0.6) is 5.75 Å². The van der Waals surface area contributed by atoms with E-state index in [1.807, 2.05) is 66.7 Å². The molecule has 1 aromatic heterocycles. The van der Waals surface area contributed by atoms with Gasteiger partial charge in [0.25, 0.3) is 0 Å². The Morgan fingerprint density at radius 1 is 1.00 bits per heavy atom. The normalized spacial score (nSPS) is 19.4. The van der Waals surface area contributed by atoms with Crippen molar-refractivity contribution in [2.75, 3.05) is 20.2 Å². The molecule has 6 rings (SSSR count). The first-order valence-corrected chi connectivity index (χ1v) is 12.5. The lowest BCUT2D eigenvalue weighted by Gasteiger charge is -2.47. The summed E-state index contributed by atoms with van der Waals surface area (Å²) in [6, 6.07) is 22.6. The summed E-state index contributed by atoms with van der Waals surface area (Å²) in [6.45, 7) is 0.568. The van der Waals surface area contributed by atoms with Gasteiger partial charge in [-0.3, -0.25) is 9.59 Å². The number of H-pyrrole nitrogens is 1. The molecule has 1 N–H and O–H groups in total. The Morgan fingerprint density at radius 2 is 1.75 bits per heavy atom. The molecule has 2 unspecified atom stereocenters. The number of aromatic amines is 1. The van der Waals surface area contributed by atoms with E-state index < -0.39 is 6.04 Å². The molecule has 1 fully saturated rings. The van der Waals surface area contributed by atoms with Crippen molar-refractivity contribution in [1.29, 1.82) is 0 Å². The molecular weight excluding hydrogens is 474 g/mol. The molecule has 6 nitrogen and oxygen atoms in total. The molecule has 3 heterocycles. The van der Waals surface area contributed by atoms with E-state index in [1.54, 1.807) is 16.9 Å². The summed E-state index contributed by atoms with van der Waals surface area (Å²) in [5.74, 6) is 0.750. The number of piperazine rings is 1. The van der Waals surface area contributed by atoms with Crippen LogP contribution in [0.2, 0.25) is 5.02 Å². The van der Waals surface area contributed by atoms with E-state index in [9.17, 15) is 9.59 Å². The van der Waals surface area contributed by atoms with E-state index in [1.165, 1.54) is 0 Å². The summed E-state index contributed by atoms with van der Waals surface area (Å²) in [7, 11) is 1.64. The second-order valence-corrected chi connectivity index (χ2v) is 9.83. The first kappa shape index (κ1) is 22.7. The van der Waals surface area contributed by atoms with Gasteiger partial charge in [-0.2, -0.15) is 0 Å². The molecule has 7 heteroatoms. The molecule has 2 aliphatic heterocycles. The Balaban J connectivity index is 1.35. The van der Waals surface area contributed by atoms with Crippen molar-refractivity contribution in [1.82, 2.24) is 14.8 Å². The Bertz CT molecular complexity index is 1450. The lowest BCUT2D eigenvalue weighted by atomic mass is 9.86. The third-order valence-electron chi connectivity index (χ3n) is 7.36. The molecule has 3 aromatic carbocycles. The highest BCUT2D eigenvalue weighted by molar-refractivity contribution is 6.30. The van der Waals surface area contributed by atoms with Crippen LogP contribution in [0.15, 0.2) is 72.8 Å². The smallest absolute Gasteiger partial charge is 0.246 e. The zero-order chi connectivity index (χ0) is 24.8. The van der Waals surface area contributed by atoms with Gasteiger partial charge < -0.3 is 19.5 Å². The summed E-state index contributed by atoms with van der Waals surface area (Å²) in [5.41, 5.74) is 5.12. The van der Waals surface area contributed by atoms with Crippen LogP contribution in [0.3, 0.4) is 0 Å². The van der Waals surface area contributed by atoms with Crippen molar-refractivity contribution in [3.63, 3.8) is 0 Å². The monoisotopic (exact) mass is 499 g/mol. The molecule has 0 bridgehead atoms. The van der Waals surface area contributed by atoms with Crippen molar-refractivity contribution in [3.05, 3.63) is 100 Å². The molecule has 0 aliphatic carbocycles. The van der Waals surface area contributed by atoms with Crippen molar-refractivity contribution in [2.24, 2.45) is 0 Å². The maximum absolute atomic E-state index is 13.8. The number of aromatic nitrogens is 1. The van der Waals surface area contributed by atoms with Crippen molar-refractivity contribution in [3.8, 4) is 5.75 Å². The highest BCUT2D eigenvalue weighted by Crippen LogP contribution is 2.42. The van der Waals surface area contributed by atoms with Gasteiger partial charge >= 0.3 is 0 Å². The lowest BCUT2D eigenvalue weighted by Crippen LogP contribution is -2.63. The molecule has 2 aliphatic rings. The number of para-hydroxylation sites is 1. The van der Waals surface area contributed by atoms with Gasteiger partial charge in [0.1, 0.15) is 11.8 Å². The topological polar surface area (TPSA) is 65.6 Å². The van der Waals surface area contributed by atoms with Gasteiger partial charge in [0.15, 0.2) is 0 Å². The number of carbonyl (C=O) groups excluding carboxylic acids is 2. The zero-order valence-corrected chi connectivity index (χ0v) is 20.7. The predicted octanol–water partition coefficient (Wildman–Crippen LogP) is 4.76. The second kappa shape index (κ2) is 9.03. The van der Waals surface area contributed by atoms with Crippen LogP contribution < -0.4 is 4.74 Å². The second-order valence-electron chi connectivity index (χ2n) is 9.40. The van der Waals surface area contributed by atoms with Crippen LogP contribution in [-0.2, 0) is 22.4 Å². The molecule has 0 radical (unpaired) electrons. The van der Waals surface area contributed by atoms with Gasteiger partial charge in [0, 0.05) is 34.6 Å². The minimum absolute atomic E-state index is 0.00185. The minimum atomic E-state index is -0.547. The van der Waals surface area contributed by atoms with E-state index in [2.05, 4.69) is 11.1 Å². The molecule has 4 aromatic rings. The Kier molecular flexibility index (Phi) is 5.69. The molecule has 0 saturated carbocycles. The quantitative estimate of drug-likeness (QED) is 0.430. The van der Waals surface area contributed by atoms with Crippen LogP contribution in [0.1, 0.15) is 28.4 Å². The fourth-order valence-corrected chi connectivity index (χ4v) is 5.69. The number of carbonyl (C=O) groups is 2. The highest BCUT2D eigenvalue weighted by atomic mass is 35.5. The van der Waals surface area contributed by atoms with Gasteiger partial charge in [0.2, 0.25) is 11.8 Å². The summed E-state index contributed by atoms with van der Waals surface area (Å²) in [6.07, 6.45) is 1.17. The fourth-order valence-electron chi connectivity index (χ4n) is 5.56. The Hall–Kier alpha value is -3.77. The van der Waals surface area contributed by atoms with E-state index in [0.717, 1.165) is 39.0 Å². The summed E-state index contributed by atoms with van der Waals surface area (Å²) < 4.78 is 5.23. The van der Waals surface area contributed by atoms with Crippen LogP contribution in [0.4, 0.5) is 0 Å². The molecular formula is C29H26ClN3O3. The van der Waals surface area contributed by atoms with Crippen LogP contribution in [-0.4, -0.2) is 52.8 Å². The van der Waals surface area contributed by atoms with Crippen LogP contribution in [0.25, 0.3) is 10.9 Å². The number of nitrogens with zero attached hydrogens (tertiary/aromatic N) is 2. The molecule has 2 atom stereocenters. The summed E-state index contributed by atoms with van der Waals surface area (Å²) in [5, 5.41) is 1.73. The fraction of sp³-hybridized carbons (Fsp3) is 0.241. The zero-order valence-electron chi connectivity index (χ0n) is 19.9. The lowest BCUT2D eigenvalue weighted by molar-refractivity contribution is -0.158. The SMILES string of the molecule is COc1ccc(CCN2CC(=O)N3C(Cc4c([nH]c5ccccc45)C3c3ccc(Cl)cc3)C2=O)cc1. The number of ether oxygens (including phenoxy) is 1. The largest absolute Gasteiger partial charge is 0.497 e. The van der Waals surface area contributed by atoms with Crippen molar-refractivity contribution < 1.29 is 14.3 Å². The number of amides is 2. The third kappa shape index (κ3) is 3.82. The van der Waals surface area contributed by atoms with Gasteiger partial charge in [-0.15, -0.1) is 0 Å². The average molecular weight is 500 g/mol. The first-order chi connectivity index (χ1) is 17.5. The summed E-state index contributed by atoms with van der Waals surface area (Å²) >= 11 is 6.17. The number of nitrogens with one attached hydrogen (secondary N) is 1. The van der Waals surface area contributed by atoms with Crippen molar-refractivity contribution in [2.45, 2.75) is 24.9 Å². The maximum Gasteiger partial charge on any atom is 0.246 e. The number of hydrogen-bond donors (Lipinski definition) is 1. The Morgan fingerprint density at radius 3 is 2.50 bits per heavy atom. The van der Waals surface area contributed by atoms with Gasteiger partial charge in [-0.1, -0.05) is 54.1 Å². The summed E-state index contributed by atoms with van der Waals surface area (Å²) in [4.78, 5) is 34.5. The highest BCUT2D eigenvalue weighted by Gasteiger charge is 2.48. The predicted molar refractivity (Wildman–Crippen MR) is 139 cm³/mol. The van der Waals surface area contributed by atoms with E-state index in [-0.39, 0.29) is 24.4 Å². The van der Waals surface area contributed by atoms with E-state index in [4.69, 9.17) is 16.3 Å². The molecule has 36 heavy (non-hydrogen) atoms. The van der Waals surface area contributed by atoms with Crippen LogP contribution >= 0.6 is 11.6 Å². The van der Waals surface area contributed by atoms with Gasteiger partial charge in [0.05, 0.1) is 19.7 Å². The number of rotatable bonds is 5. The minimum Gasteiger partial charge on any atom is -0.497 e. The number of fused-ring (bicyclic) bond motifs is 4. The first-order valence-electron chi connectivity index (χ1n) is 12.1. The van der Waals surface area contributed by atoms with Crippen molar-refractivity contribution >= 4 is 34.3 Å².